The number of hydroxylamine groups is 2. The van der Waals surface area contributed by atoms with Crippen molar-refractivity contribution in [2.24, 2.45) is 0 Å². The van der Waals surface area contributed by atoms with Crippen molar-refractivity contribution in [3.05, 3.63) is 30.3 Å². The first-order valence-corrected chi connectivity index (χ1v) is 6.52. The van der Waals surface area contributed by atoms with Crippen molar-refractivity contribution >= 4 is 0 Å². The Labute approximate surface area is 76.4 Å². The van der Waals surface area contributed by atoms with Gasteiger partial charge in [0.2, 0.25) is 0 Å². The first-order valence-electron chi connectivity index (χ1n) is 3.46. The Balaban J connectivity index is 1.95. The van der Waals surface area contributed by atoms with Gasteiger partial charge in [0.25, 0.3) is 0 Å². The van der Waals surface area contributed by atoms with Gasteiger partial charge in [-0.05, 0) is 0 Å². The molecule has 3 heteroatoms. The van der Waals surface area contributed by atoms with Crippen molar-refractivity contribution in [2.75, 3.05) is 9.10 Å². The number of halogens is 1. The fourth-order valence-electron chi connectivity index (χ4n) is 0.833. The standard InChI is InChI=1S/C8H9INO/c1-2-4-8(5-3-1)11-10-6-9-7-10/h1-5H,6-7H2/q-1. The van der Waals surface area contributed by atoms with E-state index in [0.29, 0.717) is 21.2 Å². The van der Waals surface area contributed by atoms with E-state index < -0.39 is 0 Å². The van der Waals surface area contributed by atoms with Crippen molar-refractivity contribution in [1.82, 2.24) is 5.06 Å². The van der Waals surface area contributed by atoms with E-state index in [0.717, 1.165) is 5.75 Å². The summed E-state index contributed by atoms with van der Waals surface area (Å²) >= 11 is 0.454. The van der Waals surface area contributed by atoms with Crippen LogP contribution in [0.15, 0.2) is 30.3 Å². The van der Waals surface area contributed by atoms with Gasteiger partial charge in [0.1, 0.15) is 0 Å². The molecular weight excluding hydrogens is 253 g/mol. The normalized spacial score (nSPS) is 18.2. The van der Waals surface area contributed by atoms with Gasteiger partial charge in [0, 0.05) is 0 Å². The maximum absolute atomic E-state index is 5.51. The Bertz CT molecular complexity index is 223. The van der Waals surface area contributed by atoms with E-state index in [4.69, 9.17) is 4.84 Å². The quantitative estimate of drug-likeness (QED) is 0.358. The molecule has 2 rings (SSSR count). The minimum atomic E-state index is 0.454. The van der Waals surface area contributed by atoms with Crippen molar-refractivity contribution in [1.29, 1.82) is 0 Å². The Morgan fingerprint density at radius 2 is 1.91 bits per heavy atom. The summed E-state index contributed by atoms with van der Waals surface area (Å²) < 4.78 is 2.35. The number of nitrogens with zero attached hydrogens (tertiary/aromatic N) is 1. The number of para-hydroxylation sites is 1. The van der Waals surface area contributed by atoms with E-state index in [1.54, 1.807) is 0 Å². The summed E-state index contributed by atoms with van der Waals surface area (Å²) in [5.74, 6) is 0.955. The summed E-state index contributed by atoms with van der Waals surface area (Å²) in [6.45, 7) is 0. The van der Waals surface area contributed by atoms with Crippen LogP contribution in [-0.2, 0) is 0 Å². The predicted molar refractivity (Wildman–Crippen MR) is 38.6 cm³/mol. The molecule has 0 radical (unpaired) electrons. The maximum atomic E-state index is 5.51. The molecule has 60 valence electrons. The third-order valence-corrected chi connectivity index (χ3v) is 3.90. The Hall–Kier alpha value is -0.290. The molecule has 0 bridgehead atoms. The van der Waals surface area contributed by atoms with Crippen LogP contribution in [0, 0.1) is 0 Å². The topological polar surface area (TPSA) is 12.5 Å². The van der Waals surface area contributed by atoms with Gasteiger partial charge in [0.05, 0.1) is 0 Å². The summed E-state index contributed by atoms with van der Waals surface area (Å²) in [5.41, 5.74) is 0. The molecule has 2 nitrogen and oxygen atoms in total. The predicted octanol–water partition coefficient (Wildman–Crippen LogP) is -1.70. The fourth-order valence-corrected chi connectivity index (χ4v) is 1.99. The second-order valence-electron chi connectivity index (χ2n) is 2.31. The van der Waals surface area contributed by atoms with Crippen molar-refractivity contribution < 1.29 is 26.0 Å². The van der Waals surface area contributed by atoms with E-state index in [-0.39, 0.29) is 0 Å². The molecule has 1 fully saturated rings. The third-order valence-electron chi connectivity index (χ3n) is 1.41. The molecule has 11 heavy (non-hydrogen) atoms. The number of rotatable bonds is 2. The summed E-state index contributed by atoms with van der Waals surface area (Å²) in [6.07, 6.45) is 0. The van der Waals surface area contributed by atoms with Crippen LogP contribution in [0.5, 0.6) is 5.75 Å². The zero-order valence-electron chi connectivity index (χ0n) is 6.03. The van der Waals surface area contributed by atoms with E-state index in [9.17, 15) is 0 Å². The van der Waals surface area contributed by atoms with Gasteiger partial charge in [-0.25, -0.2) is 0 Å². The summed E-state index contributed by atoms with van der Waals surface area (Å²) in [7, 11) is 0. The van der Waals surface area contributed by atoms with Gasteiger partial charge in [-0.2, -0.15) is 0 Å². The molecule has 1 aromatic rings. The van der Waals surface area contributed by atoms with Crippen LogP contribution in [0.2, 0.25) is 0 Å². The van der Waals surface area contributed by atoms with Crippen LogP contribution in [0.3, 0.4) is 0 Å². The molecule has 0 N–H and O–H groups in total. The minimum absolute atomic E-state index is 0.454. The summed E-state index contributed by atoms with van der Waals surface area (Å²) in [4.78, 5) is 5.51. The SMILES string of the molecule is c1ccc(ON2C[I-]C2)cc1. The van der Waals surface area contributed by atoms with E-state index >= 15 is 0 Å². The molecule has 0 aromatic heterocycles. The second kappa shape index (κ2) is 3.40. The van der Waals surface area contributed by atoms with Crippen LogP contribution in [0.4, 0.5) is 0 Å². The summed E-state index contributed by atoms with van der Waals surface area (Å²) in [6, 6.07) is 9.94. The summed E-state index contributed by atoms with van der Waals surface area (Å²) in [5, 5.41) is 2.02. The van der Waals surface area contributed by atoms with E-state index in [1.165, 1.54) is 9.10 Å². The van der Waals surface area contributed by atoms with Gasteiger partial charge in [0.15, 0.2) is 0 Å². The fraction of sp³-hybridized carbons (Fsp3) is 0.250. The van der Waals surface area contributed by atoms with Gasteiger partial charge < -0.3 is 0 Å². The average molecular weight is 262 g/mol. The third kappa shape index (κ3) is 1.84. The van der Waals surface area contributed by atoms with Crippen molar-refractivity contribution in [2.45, 2.75) is 0 Å². The zero-order chi connectivity index (χ0) is 7.52. The second-order valence-corrected chi connectivity index (χ2v) is 4.76. The van der Waals surface area contributed by atoms with E-state index in [2.05, 4.69) is 0 Å². The van der Waals surface area contributed by atoms with Crippen molar-refractivity contribution in [3.8, 4) is 5.75 Å². The van der Waals surface area contributed by atoms with E-state index in [1.807, 2.05) is 35.4 Å². The van der Waals surface area contributed by atoms with Gasteiger partial charge in [-0.3, -0.25) is 0 Å². The first kappa shape index (κ1) is 7.36. The number of benzene rings is 1. The first-order chi connectivity index (χ1) is 5.45. The molecule has 1 heterocycles. The monoisotopic (exact) mass is 262 g/mol. The molecule has 1 aromatic carbocycles. The van der Waals surface area contributed by atoms with Gasteiger partial charge in [-0.1, -0.05) is 0 Å². The van der Waals surface area contributed by atoms with Gasteiger partial charge in [-0.15, -0.1) is 0 Å². The number of hydrogen-bond donors (Lipinski definition) is 0. The Morgan fingerprint density at radius 3 is 2.45 bits per heavy atom. The van der Waals surface area contributed by atoms with Crippen LogP contribution in [-0.4, -0.2) is 14.2 Å². The molecule has 1 aliphatic heterocycles. The molecule has 0 amide bonds. The van der Waals surface area contributed by atoms with Crippen molar-refractivity contribution in [3.63, 3.8) is 0 Å². The number of alkyl halides is 2. The number of hydrogen-bond acceptors (Lipinski definition) is 2. The molecule has 0 aliphatic carbocycles. The molecule has 1 saturated heterocycles. The molecule has 0 saturated carbocycles. The van der Waals surface area contributed by atoms with Crippen LogP contribution in [0.25, 0.3) is 0 Å². The molecule has 1 aliphatic rings. The molecule has 0 spiro atoms. The van der Waals surface area contributed by atoms with Crippen LogP contribution in [0.1, 0.15) is 0 Å². The molecular formula is C8H9INO-. The molecule has 0 unspecified atom stereocenters. The Kier molecular flexibility index (Phi) is 2.28. The molecule has 0 atom stereocenters. The van der Waals surface area contributed by atoms with Crippen LogP contribution < -0.4 is 26.0 Å². The zero-order valence-corrected chi connectivity index (χ0v) is 8.19. The van der Waals surface area contributed by atoms with Gasteiger partial charge >= 0.3 is 76.3 Å². The Morgan fingerprint density at radius 1 is 1.18 bits per heavy atom. The average Bonchev–Trinajstić information content (AvgIpc) is 1.99. The van der Waals surface area contributed by atoms with Crippen LogP contribution >= 0.6 is 0 Å².